The maximum Gasteiger partial charge on any atom is 0.241 e. The van der Waals surface area contributed by atoms with Gasteiger partial charge in [-0.05, 0) is 49.9 Å². The fourth-order valence-corrected chi connectivity index (χ4v) is 3.01. The minimum absolute atomic E-state index is 0.0435. The van der Waals surface area contributed by atoms with Crippen molar-refractivity contribution in [2.24, 2.45) is 5.92 Å². The van der Waals surface area contributed by atoms with Crippen molar-refractivity contribution in [2.45, 2.75) is 45.3 Å². The molecule has 0 radical (unpaired) electrons. The van der Waals surface area contributed by atoms with Gasteiger partial charge in [-0.25, -0.2) is 0 Å². The van der Waals surface area contributed by atoms with Crippen LogP contribution in [0.3, 0.4) is 0 Å². The van der Waals surface area contributed by atoms with Crippen LogP contribution in [0.1, 0.15) is 33.1 Å². The quantitative estimate of drug-likeness (QED) is 0.687. The first-order valence-corrected chi connectivity index (χ1v) is 7.83. The molecule has 2 unspecified atom stereocenters. The van der Waals surface area contributed by atoms with E-state index in [-0.39, 0.29) is 18.1 Å². The second-order valence-corrected chi connectivity index (χ2v) is 6.37. The fraction of sp³-hybridized carbons (Fsp3) is 0.562. The summed E-state index contributed by atoms with van der Waals surface area (Å²) in [6.45, 7) is 5.36. The van der Waals surface area contributed by atoms with Gasteiger partial charge in [0.05, 0.1) is 23.6 Å². The number of benzene rings is 1. The summed E-state index contributed by atoms with van der Waals surface area (Å²) in [5.41, 5.74) is 3.03. The number of fused-ring (bicyclic) bond motifs is 1. The number of amides is 1. The van der Waals surface area contributed by atoms with Gasteiger partial charge in [-0.15, -0.1) is 0 Å². The molecule has 114 valence electrons. The highest BCUT2D eigenvalue weighted by Crippen LogP contribution is 2.33. The molecule has 5 heteroatoms. The Morgan fingerprint density at radius 2 is 2.14 bits per heavy atom. The highest BCUT2D eigenvalue weighted by Gasteiger charge is 2.23. The largest absolute Gasteiger partial charge is 0.364 e. The van der Waals surface area contributed by atoms with Crippen molar-refractivity contribution in [3.8, 4) is 0 Å². The summed E-state index contributed by atoms with van der Waals surface area (Å²) in [5.74, 6) is 0.703. The molecule has 1 aromatic carbocycles. The third-order valence-corrected chi connectivity index (χ3v) is 4.03. The molecule has 0 bridgehead atoms. The highest BCUT2D eigenvalue weighted by atomic mass is 16.2. The zero-order valence-electron chi connectivity index (χ0n) is 12.7. The van der Waals surface area contributed by atoms with E-state index in [0.717, 1.165) is 42.9 Å². The summed E-state index contributed by atoms with van der Waals surface area (Å²) in [4.78, 5) is 12.1. The molecule has 5 nitrogen and oxygen atoms in total. The Balaban J connectivity index is 1.63. The molecule has 1 saturated heterocycles. The summed E-state index contributed by atoms with van der Waals surface area (Å²) >= 11 is 0. The van der Waals surface area contributed by atoms with Crippen molar-refractivity contribution in [1.29, 1.82) is 0 Å². The minimum atomic E-state index is -0.0435. The second kappa shape index (κ2) is 5.93. The van der Waals surface area contributed by atoms with Gasteiger partial charge in [-0.3, -0.25) is 4.79 Å². The monoisotopic (exact) mass is 288 g/mol. The van der Waals surface area contributed by atoms with Crippen molar-refractivity contribution < 1.29 is 4.79 Å². The molecule has 2 aliphatic heterocycles. The first-order valence-electron chi connectivity index (χ1n) is 7.83. The first-order chi connectivity index (χ1) is 10.1. The maximum absolute atomic E-state index is 12.1. The lowest BCUT2D eigenvalue weighted by Gasteiger charge is -2.14. The van der Waals surface area contributed by atoms with Gasteiger partial charge in [-0.1, -0.05) is 13.8 Å². The van der Waals surface area contributed by atoms with E-state index in [4.69, 9.17) is 0 Å². The zero-order chi connectivity index (χ0) is 14.8. The molecule has 2 heterocycles. The second-order valence-electron chi connectivity index (χ2n) is 6.37. The Bertz CT molecular complexity index is 523. The molecule has 0 saturated carbocycles. The minimum Gasteiger partial charge on any atom is -0.364 e. The van der Waals surface area contributed by atoms with Gasteiger partial charge in [0.15, 0.2) is 0 Å². The van der Waals surface area contributed by atoms with Crippen LogP contribution in [0.15, 0.2) is 18.2 Å². The zero-order valence-corrected chi connectivity index (χ0v) is 12.7. The van der Waals surface area contributed by atoms with E-state index in [1.807, 2.05) is 18.2 Å². The van der Waals surface area contributed by atoms with Crippen LogP contribution < -0.4 is 21.3 Å². The lowest BCUT2D eigenvalue weighted by molar-refractivity contribution is -0.117. The normalized spacial score (nSPS) is 23.6. The standard InChI is InChI=1S/C16H24N4O/c1-10(2)8-15-19-12-6-5-11(9-14(12)20-15)18-16(21)13-4-3-7-17-13/h5-6,9-10,13,15,17,19-20H,3-4,7-8H2,1-2H3,(H,18,21). The van der Waals surface area contributed by atoms with Gasteiger partial charge < -0.3 is 21.3 Å². The van der Waals surface area contributed by atoms with Crippen LogP contribution in [0.5, 0.6) is 0 Å². The molecule has 0 aromatic heterocycles. The van der Waals surface area contributed by atoms with Crippen LogP contribution in [0.4, 0.5) is 17.1 Å². The summed E-state index contributed by atoms with van der Waals surface area (Å²) in [6, 6.07) is 5.95. The lowest BCUT2D eigenvalue weighted by Crippen LogP contribution is -2.35. The van der Waals surface area contributed by atoms with Gasteiger partial charge in [-0.2, -0.15) is 0 Å². The Labute approximate surface area is 125 Å². The van der Waals surface area contributed by atoms with Gasteiger partial charge in [0.1, 0.15) is 0 Å². The average molecular weight is 288 g/mol. The Morgan fingerprint density at radius 1 is 1.33 bits per heavy atom. The number of rotatable bonds is 4. The molecule has 21 heavy (non-hydrogen) atoms. The van der Waals surface area contributed by atoms with E-state index in [0.29, 0.717) is 5.92 Å². The summed E-state index contributed by atoms with van der Waals surface area (Å²) in [6.07, 6.45) is 3.35. The topological polar surface area (TPSA) is 65.2 Å². The fourth-order valence-electron chi connectivity index (χ4n) is 3.01. The van der Waals surface area contributed by atoms with Crippen LogP contribution in [-0.4, -0.2) is 24.7 Å². The third-order valence-electron chi connectivity index (χ3n) is 4.03. The predicted octanol–water partition coefficient (Wildman–Crippen LogP) is 2.59. The molecule has 0 aliphatic carbocycles. The van der Waals surface area contributed by atoms with Crippen molar-refractivity contribution in [1.82, 2.24) is 5.32 Å². The lowest BCUT2D eigenvalue weighted by atomic mass is 10.1. The van der Waals surface area contributed by atoms with Crippen LogP contribution in [0, 0.1) is 5.92 Å². The molecule has 2 aliphatic rings. The summed E-state index contributed by atoms with van der Waals surface area (Å²) in [7, 11) is 0. The van der Waals surface area contributed by atoms with E-state index in [9.17, 15) is 4.79 Å². The van der Waals surface area contributed by atoms with E-state index in [1.54, 1.807) is 0 Å². The number of nitrogens with one attached hydrogen (secondary N) is 4. The smallest absolute Gasteiger partial charge is 0.241 e. The summed E-state index contributed by atoms with van der Waals surface area (Å²) in [5, 5.41) is 13.2. The molecule has 1 aromatic rings. The van der Waals surface area contributed by atoms with Crippen LogP contribution in [-0.2, 0) is 4.79 Å². The van der Waals surface area contributed by atoms with Crippen molar-refractivity contribution >= 4 is 23.0 Å². The van der Waals surface area contributed by atoms with E-state index in [2.05, 4.69) is 35.1 Å². The number of carbonyl (C=O) groups is 1. The molecule has 3 rings (SSSR count). The van der Waals surface area contributed by atoms with Gasteiger partial charge in [0, 0.05) is 5.69 Å². The highest BCUT2D eigenvalue weighted by molar-refractivity contribution is 5.96. The molecule has 1 amide bonds. The van der Waals surface area contributed by atoms with Gasteiger partial charge >= 0.3 is 0 Å². The summed E-state index contributed by atoms with van der Waals surface area (Å²) < 4.78 is 0. The van der Waals surface area contributed by atoms with Gasteiger partial charge in [0.25, 0.3) is 0 Å². The molecule has 0 spiro atoms. The molecule has 1 fully saturated rings. The predicted molar refractivity (Wildman–Crippen MR) is 86.6 cm³/mol. The Kier molecular flexibility index (Phi) is 4.01. The number of hydrogen-bond donors (Lipinski definition) is 4. The third kappa shape index (κ3) is 3.29. The molecular weight excluding hydrogens is 264 g/mol. The maximum atomic E-state index is 12.1. The van der Waals surface area contributed by atoms with Crippen LogP contribution in [0.2, 0.25) is 0 Å². The SMILES string of the molecule is CC(C)CC1Nc2ccc(NC(=O)C3CCCN3)cc2N1. The first kappa shape index (κ1) is 14.2. The molecule has 2 atom stereocenters. The van der Waals surface area contributed by atoms with Crippen LogP contribution in [0.25, 0.3) is 0 Å². The van der Waals surface area contributed by atoms with Crippen molar-refractivity contribution in [3.63, 3.8) is 0 Å². The average Bonchev–Trinajstić information content (AvgIpc) is 3.05. The number of anilines is 3. The van der Waals surface area contributed by atoms with Gasteiger partial charge in [0.2, 0.25) is 5.91 Å². The number of hydrogen-bond acceptors (Lipinski definition) is 4. The van der Waals surface area contributed by atoms with E-state index >= 15 is 0 Å². The van der Waals surface area contributed by atoms with Crippen molar-refractivity contribution in [3.05, 3.63) is 18.2 Å². The number of carbonyl (C=O) groups excluding carboxylic acids is 1. The Hall–Kier alpha value is -1.75. The molecule has 4 N–H and O–H groups in total. The molecular formula is C16H24N4O. The Morgan fingerprint density at radius 3 is 2.86 bits per heavy atom. The van der Waals surface area contributed by atoms with Crippen molar-refractivity contribution in [2.75, 3.05) is 22.5 Å². The van der Waals surface area contributed by atoms with E-state index in [1.165, 1.54) is 0 Å². The van der Waals surface area contributed by atoms with Crippen LogP contribution >= 0.6 is 0 Å². The van der Waals surface area contributed by atoms with E-state index < -0.39 is 0 Å².